The van der Waals surface area contributed by atoms with E-state index in [0.717, 1.165) is 21.6 Å². The normalized spacial score (nSPS) is 15.1. The van der Waals surface area contributed by atoms with Crippen molar-refractivity contribution >= 4 is 24.2 Å². The summed E-state index contributed by atoms with van der Waals surface area (Å²) in [5, 5.41) is 10.1. The summed E-state index contributed by atoms with van der Waals surface area (Å²) in [4.78, 5) is 0. The molecule has 1 aromatic carbocycles. The molecule has 0 atom stereocenters. The van der Waals surface area contributed by atoms with E-state index in [4.69, 9.17) is 16.3 Å². The van der Waals surface area contributed by atoms with Gasteiger partial charge in [0.15, 0.2) is 0 Å². The summed E-state index contributed by atoms with van der Waals surface area (Å²) in [7, 11) is -0.768. The molecule has 1 N–H and O–H groups in total. The van der Waals surface area contributed by atoms with Gasteiger partial charge in [-0.1, -0.05) is 17.7 Å². The van der Waals surface area contributed by atoms with Crippen molar-refractivity contribution < 1.29 is 9.68 Å². The van der Waals surface area contributed by atoms with Crippen LogP contribution in [0.4, 0.5) is 0 Å². The van der Waals surface area contributed by atoms with Crippen LogP contribution in [-0.2, 0) is 11.3 Å². The topological polar surface area (TPSA) is 29.5 Å². The van der Waals surface area contributed by atoms with Crippen molar-refractivity contribution in [3.05, 3.63) is 28.3 Å². The van der Waals surface area contributed by atoms with Crippen molar-refractivity contribution in [3.63, 3.8) is 0 Å². The average Bonchev–Trinajstić information content (AvgIpc) is 2.35. The van der Waals surface area contributed by atoms with E-state index in [2.05, 4.69) is 0 Å². The van der Waals surface area contributed by atoms with Gasteiger partial charge in [-0.15, -0.1) is 0 Å². The molecule has 0 radical (unpaired) electrons. The number of rotatable bonds is 0. The molecule has 2 nitrogen and oxygen atoms in total. The third-order valence-corrected chi connectivity index (χ3v) is 2.49. The lowest BCUT2D eigenvalue weighted by Gasteiger charge is -2.01. The minimum atomic E-state index is -0.768. The lowest BCUT2D eigenvalue weighted by Crippen LogP contribution is -2.28. The highest BCUT2D eigenvalue weighted by Gasteiger charge is 2.27. The standard InChI is InChI=1S/C8H8BClO2/c1-5-2-7-6(3-8(5)10)4-12-9(7)11/h2-3,11H,4H2,1H3. The van der Waals surface area contributed by atoms with Gasteiger partial charge in [-0.25, -0.2) is 0 Å². The molecule has 0 aliphatic carbocycles. The quantitative estimate of drug-likeness (QED) is 0.603. The Kier molecular flexibility index (Phi) is 1.87. The van der Waals surface area contributed by atoms with Gasteiger partial charge in [-0.2, -0.15) is 0 Å². The number of hydrogen-bond acceptors (Lipinski definition) is 2. The predicted octanol–water partition coefficient (Wildman–Crippen LogP) is 0.866. The van der Waals surface area contributed by atoms with E-state index < -0.39 is 7.12 Å². The third-order valence-electron chi connectivity index (χ3n) is 2.08. The monoisotopic (exact) mass is 182 g/mol. The zero-order valence-electron chi connectivity index (χ0n) is 6.67. The first-order chi connectivity index (χ1) is 5.68. The van der Waals surface area contributed by atoms with Crippen LogP contribution < -0.4 is 5.46 Å². The first-order valence-corrected chi connectivity index (χ1v) is 4.15. The molecule has 1 aromatic rings. The molecule has 1 aliphatic heterocycles. The second kappa shape index (κ2) is 2.77. The van der Waals surface area contributed by atoms with Gasteiger partial charge in [0.1, 0.15) is 0 Å². The van der Waals surface area contributed by atoms with Gasteiger partial charge in [0.05, 0.1) is 6.61 Å². The molecule has 0 amide bonds. The Hall–Kier alpha value is -0.505. The predicted molar refractivity (Wildman–Crippen MR) is 48.6 cm³/mol. The van der Waals surface area contributed by atoms with Crippen LogP contribution in [0.3, 0.4) is 0 Å². The Morgan fingerprint density at radius 3 is 3.08 bits per heavy atom. The number of benzene rings is 1. The fourth-order valence-corrected chi connectivity index (χ4v) is 1.54. The summed E-state index contributed by atoms with van der Waals surface area (Å²) in [5.74, 6) is 0. The largest absolute Gasteiger partial charge is 0.491 e. The van der Waals surface area contributed by atoms with Crippen LogP contribution in [0.5, 0.6) is 0 Å². The van der Waals surface area contributed by atoms with Gasteiger partial charge < -0.3 is 9.68 Å². The maximum absolute atomic E-state index is 9.33. The van der Waals surface area contributed by atoms with E-state index in [1.807, 2.05) is 19.1 Å². The minimum Gasteiger partial charge on any atom is -0.423 e. The van der Waals surface area contributed by atoms with Gasteiger partial charge in [-0.05, 0) is 29.6 Å². The molecule has 0 unspecified atom stereocenters. The SMILES string of the molecule is Cc1cc2c(cc1Cl)COB2O. The fraction of sp³-hybridized carbons (Fsp3) is 0.250. The Morgan fingerprint density at radius 2 is 2.33 bits per heavy atom. The molecule has 1 heterocycles. The molecular formula is C8H8BClO2. The molecule has 0 aromatic heterocycles. The van der Waals surface area contributed by atoms with E-state index in [9.17, 15) is 5.02 Å². The molecule has 0 saturated heterocycles. The average molecular weight is 182 g/mol. The van der Waals surface area contributed by atoms with Gasteiger partial charge in [0, 0.05) is 5.02 Å². The summed E-state index contributed by atoms with van der Waals surface area (Å²) >= 11 is 5.90. The Bertz CT molecular complexity index is 327. The molecule has 12 heavy (non-hydrogen) atoms. The highest BCUT2D eigenvalue weighted by atomic mass is 35.5. The molecule has 2 rings (SSSR count). The highest BCUT2D eigenvalue weighted by Crippen LogP contribution is 2.19. The second-order valence-electron chi connectivity index (χ2n) is 2.96. The van der Waals surface area contributed by atoms with E-state index in [-0.39, 0.29) is 0 Å². The second-order valence-corrected chi connectivity index (χ2v) is 3.37. The molecular weight excluding hydrogens is 174 g/mol. The first kappa shape index (κ1) is 8.11. The van der Waals surface area contributed by atoms with Gasteiger partial charge in [0.2, 0.25) is 0 Å². The summed E-state index contributed by atoms with van der Waals surface area (Å²) in [5.41, 5.74) is 2.80. The van der Waals surface area contributed by atoms with E-state index >= 15 is 0 Å². The van der Waals surface area contributed by atoms with Crippen LogP contribution in [0.25, 0.3) is 0 Å². The number of hydrogen-bond donors (Lipinski definition) is 1. The van der Waals surface area contributed by atoms with Crippen molar-refractivity contribution in [2.75, 3.05) is 0 Å². The molecule has 0 saturated carbocycles. The van der Waals surface area contributed by atoms with Crippen LogP contribution >= 0.6 is 11.6 Å². The smallest absolute Gasteiger partial charge is 0.423 e. The van der Waals surface area contributed by atoms with Crippen LogP contribution in [0.15, 0.2) is 12.1 Å². The van der Waals surface area contributed by atoms with E-state index in [1.165, 1.54) is 0 Å². The van der Waals surface area contributed by atoms with E-state index in [0.29, 0.717) is 6.61 Å². The Balaban J connectivity index is 2.56. The van der Waals surface area contributed by atoms with Gasteiger partial charge in [-0.3, -0.25) is 0 Å². The van der Waals surface area contributed by atoms with Crippen molar-refractivity contribution in [3.8, 4) is 0 Å². The lowest BCUT2D eigenvalue weighted by molar-refractivity contribution is 0.275. The molecule has 4 heteroatoms. The van der Waals surface area contributed by atoms with Crippen molar-refractivity contribution in [2.45, 2.75) is 13.5 Å². The zero-order valence-corrected chi connectivity index (χ0v) is 7.43. The molecule has 62 valence electrons. The van der Waals surface area contributed by atoms with E-state index in [1.54, 1.807) is 0 Å². The lowest BCUT2D eigenvalue weighted by atomic mass is 9.79. The summed E-state index contributed by atoms with van der Waals surface area (Å²) in [6.07, 6.45) is 0. The third kappa shape index (κ3) is 1.14. The van der Waals surface area contributed by atoms with Crippen molar-refractivity contribution in [1.29, 1.82) is 0 Å². The molecule has 0 bridgehead atoms. The first-order valence-electron chi connectivity index (χ1n) is 3.77. The number of aryl methyl sites for hydroxylation is 1. The number of halogens is 1. The highest BCUT2D eigenvalue weighted by molar-refractivity contribution is 6.61. The minimum absolute atomic E-state index is 0.455. The molecule has 0 spiro atoms. The summed E-state index contributed by atoms with van der Waals surface area (Å²) in [6, 6.07) is 3.72. The molecule has 1 aliphatic rings. The Morgan fingerprint density at radius 1 is 1.58 bits per heavy atom. The maximum Gasteiger partial charge on any atom is 0.491 e. The van der Waals surface area contributed by atoms with Crippen molar-refractivity contribution in [1.82, 2.24) is 0 Å². The summed E-state index contributed by atoms with van der Waals surface area (Å²) in [6.45, 7) is 2.37. The zero-order chi connectivity index (χ0) is 8.72. The van der Waals surface area contributed by atoms with Crippen LogP contribution in [0, 0.1) is 6.92 Å². The van der Waals surface area contributed by atoms with Gasteiger partial charge >= 0.3 is 7.12 Å². The van der Waals surface area contributed by atoms with Gasteiger partial charge in [0.25, 0.3) is 0 Å². The fourth-order valence-electron chi connectivity index (χ4n) is 1.36. The number of fused-ring (bicyclic) bond motifs is 1. The Labute approximate surface area is 76.3 Å². The van der Waals surface area contributed by atoms with Crippen molar-refractivity contribution in [2.24, 2.45) is 0 Å². The van der Waals surface area contributed by atoms with Crippen LogP contribution in [0.1, 0.15) is 11.1 Å². The van der Waals surface area contributed by atoms with Crippen LogP contribution in [0.2, 0.25) is 5.02 Å². The maximum atomic E-state index is 9.33. The molecule has 0 fully saturated rings. The van der Waals surface area contributed by atoms with Crippen LogP contribution in [-0.4, -0.2) is 12.1 Å². The summed E-state index contributed by atoms with van der Waals surface area (Å²) < 4.78 is 5.03.